The average molecular weight is 376 g/mol. The number of thiazole rings is 1. The predicted molar refractivity (Wildman–Crippen MR) is 103 cm³/mol. The van der Waals surface area contributed by atoms with Gasteiger partial charge in [0.1, 0.15) is 17.7 Å². The second kappa shape index (κ2) is 7.46. The van der Waals surface area contributed by atoms with E-state index in [0.717, 1.165) is 21.1 Å². The van der Waals surface area contributed by atoms with Gasteiger partial charge in [-0.3, -0.25) is 4.79 Å². The van der Waals surface area contributed by atoms with E-state index in [4.69, 9.17) is 0 Å². The zero-order valence-electron chi connectivity index (χ0n) is 14.5. The molecule has 1 amide bonds. The molecule has 0 spiro atoms. The minimum Gasteiger partial charge on any atom is -0.346 e. The Balaban J connectivity index is 1.47. The second-order valence-electron chi connectivity index (χ2n) is 5.80. The molecule has 0 unspecified atom stereocenters. The Morgan fingerprint density at radius 1 is 1.22 bits per heavy atom. The standard InChI is InChI=1S/C19H16N6OS/c1-13-18(14-5-3-2-4-6-14)24-17(27-13)10-22-19(26)15-7-8-21-16(9-15)25-12-20-11-23-25/h2-9,11-12H,10H2,1H3,(H,22,26). The lowest BCUT2D eigenvalue weighted by Crippen LogP contribution is -2.23. The monoisotopic (exact) mass is 376 g/mol. The lowest BCUT2D eigenvalue weighted by atomic mass is 10.1. The highest BCUT2D eigenvalue weighted by Crippen LogP contribution is 2.27. The van der Waals surface area contributed by atoms with Crippen LogP contribution in [0.15, 0.2) is 61.3 Å². The Bertz CT molecular complexity index is 1060. The van der Waals surface area contributed by atoms with Gasteiger partial charge in [-0.05, 0) is 19.1 Å². The molecule has 7 nitrogen and oxygen atoms in total. The first-order valence-electron chi connectivity index (χ1n) is 8.31. The highest BCUT2D eigenvalue weighted by Gasteiger charge is 2.12. The summed E-state index contributed by atoms with van der Waals surface area (Å²) in [6, 6.07) is 13.4. The van der Waals surface area contributed by atoms with Gasteiger partial charge in [0.25, 0.3) is 5.91 Å². The summed E-state index contributed by atoms with van der Waals surface area (Å²) >= 11 is 1.59. The van der Waals surface area contributed by atoms with Gasteiger partial charge in [0.2, 0.25) is 0 Å². The summed E-state index contributed by atoms with van der Waals surface area (Å²) < 4.78 is 1.51. The maximum Gasteiger partial charge on any atom is 0.251 e. The fourth-order valence-corrected chi connectivity index (χ4v) is 3.56. The summed E-state index contributed by atoms with van der Waals surface area (Å²) in [6.45, 7) is 2.41. The smallest absolute Gasteiger partial charge is 0.251 e. The van der Waals surface area contributed by atoms with E-state index in [9.17, 15) is 4.79 Å². The zero-order chi connectivity index (χ0) is 18.6. The van der Waals surface area contributed by atoms with Gasteiger partial charge in [0.05, 0.1) is 12.2 Å². The lowest BCUT2D eigenvalue weighted by molar-refractivity contribution is 0.0950. The van der Waals surface area contributed by atoms with E-state index in [1.807, 2.05) is 37.3 Å². The van der Waals surface area contributed by atoms with Crippen LogP contribution < -0.4 is 5.32 Å². The fourth-order valence-electron chi connectivity index (χ4n) is 2.66. The largest absolute Gasteiger partial charge is 0.346 e. The molecule has 0 fully saturated rings. The van der Waals surface area contributed by atoms with Crippen LogP contribution in [0, 0.1) is 6.92 Å². The van der Waals surface area contributed by atoms with E-state index in [2.05, 4.69) is 25.4 Å². The van der Waals surface area contributed by atoms with Crippen molar-refractivity contribution in [3.8, 4) is 17.1 Å². The van der Waals surface area contributed by atoms with Crippen LogP contribution in [0.2, 0.25) is 0 Å². The van der Waals surface area contributed by atoms with Crippen molar-refractivity contribution in [2.24, 2.45) is 0 Å². The number of nitrogens with zero attached hydrogens (tertiary/aromatic N) is 5. The van der Waals surface area contributed by atoms with Crippen molar-refractivity contribution >= 4 is 17.2 Å². The quantitative estimate of drug-likeness (QED) is 0.579. The summed E-state index contributed by atoms with van der Waals surface area (Å²) in [5.41, 5.74) is 2.55. The number of aryl methyl sites for hydroxylation is 1. The third-order valence-electron chi connectivity index (χ3n) is 3.95. The first-order valence-corrected chi connectivity index (χ1v) is 9.13. The Morgan fingerprint density at radius 2 is 2.07 bits per heavy atom. The number of rotatable bonds is 5. The molecule has 4 rings (SSSR count). The molecule has 1 aromatic carbocycles. The number of nitrogens with one attached hydrogen (secondary N) is 1. The number of aromatic nitrogens is 5. The molecule has 3 heterocycles. The normalized spacial score (nSPS) is 10.7. The fraction of sp³-hybridized carbons (Fsp3) is 0.105. The van der Waals surface area contributed by atoms with Crippen molar-refractivity contribution < 1.29 is 4.79 Å². The number of amides is 1. The Hall–Kier alpha value is -3.39. The van der Waals surface area contributed by atoms with Gasteiger partial charge in [-0.1, -0.05) is 30.3 Å². The molecule has 1 N–H and O–H groups in total. The first kappa shape index (κ1) is 17.0. The number of benzene rings is 1. The van der Waals surface area contributed by atoms with Crippen LogP contribution in [0.3, 0.4) is 0 Å². The minimum absolute atomic E-state index is 0.187. The van der Waals surface area contributed by atoms with Crippen LogP contribution in [0.25, 0.3) is 17.1 Å². The van der Waals surface area contributed by atoms with Gasteiger partial charge in [0, 0.05) is 22.2 Å². The molecule has 134 valence electrons. The molecule has 8 heteroatoms. The summed E-state index contributed by atoms with van der Waals surface area (Å²) in [4.78, 5) is 26.4. The van der Waals surface area contributed by atoms with Gasteiger partial charge < -0.3 is 5.32 Å². The molecule has 4 aromatic rings. The highest BCUT2D eigenvalue weighted by molar-refractivity contribution is 7.12. The Morgan fingerprint density at radius 3 is 2.85 bits per heavy atom. The molecule has 27 heavy (non-hydrogen) atoms. The molecule has 0 saturated heterocycles. The molecular formula is C19H16N6OS. The van der Waals surface area contributed by atoms with Crippen molar-refractivity contribution in [2.45, 2.75) is 13.5 Å². The molecule has 0 radical (unpaired) electrons. The molecule has 0 saturated carbocycles. The summed E-state index contributed by atoms with van der Waals surface area (Å²) in [5, 5.41) is 7.81. The number of hydrogen-bond acceptors (Lipinski definition) is 6. The Labute approximate surface area is 159 Å². The SMILES string of the molecule is Cc1sc(CNC(=O)c2ccnc(-n3cncn3)c2)nc1-c1ccccc1. The molecule has 0 aliphatic heterocycles. The van der Waals surface area contributed by atoms with Crippen molar-refractivity contribution in [3.63, 3.8) is 0 Å². The van der Waals surface area contributed by atoms with Crippen molar-refractivity contribution in [2.75, 3.05) is 0 Å². The third-order valence-corrected chi connectivity index (χ3v) is 4.92. The van der Waals surface area contributed by atoms with Crippen LogP contribution in [-0.4, -0.2) is 30.6 Å². The van der Waals surface area contributed by atoms with Gasteiger partial charge >= 0.3 is 0 Å². The highest BCUT2D eigenvalue weighted by atomic mass is 32.1. The maximum absolute atomic E-state index is 12.5. The maximum atomic E-state index is 12.5. The van der Waals surface area contributed by atoms with E-state index >= 15 is 0 Å². The van der Waals surface area contributed by atoms with E-state index in [0.29, 0.717) is 17.9 Å². The van der Waals surface area contributed by atoms with Crippen LogP contribution in [0.5, 0.6) is 0 Å². The van der Waals surface area contributed by atoms with Crippen LogP contribution in [0.4, 0.5) is 0 Å². The zero-order valence-corrected chi connectivity index (χ0v) is 15.3. The molecular weight excluding hydrogens is 360 g/mol. The van der Waals surface area contributed by atoms with E-state index in [1.165, 1.54) is 17.3 Å². The van der Waals surface area contributed by atoms with E-state index in [1.54, 1.807) is 29.7 Å². The molecule has 3 aromatic heterocycles. The van der Waals surface area contributed by atoms with Crippen molar-refractivity contribution in [3.05, 3.63) is 76.8 Å². The number of hydrogen-bond donors (Lipinski definition) is 1. The second-order valence-corrected chi connectivity index (χ2v) is 7.09. The van der Waals surface area contributed by atoms with Crippen molar-refractivity contribution in [1.82, 2.24) is 30.0 Å². The topological polar surface area (TPSA) is 85.6 Å². The summed E-state index contributed by atoms with van der Waals surface area (Å²) in [7, 11) is 0. The lowest BCUT2D eigenvalue weighted by Gasteiger charge is -2.05. The molecule has 0 bridgehead atoms. The summed E-state index contributed by atoms with van der Waals surface area (Å²) in [6.07, 6.45) is 4.53. The van der Waals surface area contributed by atoms with Crippen molar-refractivity contribution in [1.29, 1.82) is 0 Å². The number of carbonyl (C=O) groups excluding carboxylic acids is 1. The number of carbonyl (C=O) groups is 1. The van der Waals surface area contributed by atoms with Crippen LogP contribution in [0.1, 0.15) is 20.2 Å². The van der Waals surface area contributed by atoms with Gasteiger partial charge in [-0.15, -0.1) is 11.3 Å². The minimum atomic E-state index is -0.187. The molecule has 0 aliphatic rings. The molecule has 0 aliphatic carbocycles. The number of pyridine rings is 1. The van der Waals surface area contributed by atoms with Crippen LogP contribution >= 0.6 is 11.3 Å². The van der Waals surface area contributed by atoms with Gasteiger partial charge in [0.15, 0.2) is 5.82 Å². The van der Waals surface area contributed by atoms with Gasteiger partial charge in [-0.2, -0.15) is 5.10 Å². The van der Waals surface area contributed by atoms with E-state index < -0.39 is 0 Å². The average Bonchev–Trinajstić information content (AvgIpc) is 3.37. The predicted octanol–water partition coefficient (Wildman–Crippen LogP) is 3.02. The van der Waals surface area contributed by atoms with E-state index in [-0.39, 0.29) is 5.91 Å². The summed E-state index contributed by atoms with van der Waals surface area (Å²) in [5.74, 6) is 0.351. The third kappa shape index (κ3) is 3.75. The van der Waals surface area contributed by atoms with Gasteiger partial charge in [-0.25, -0.2) is 19.6 Å². The Kier molecular flexibility index (Phi) is 4.71. The van der Waals surface area contributed by atoms with Crippen LogP contribution in [-0.2, 0) is 6.54 Å². The molecule has 0 atom stereocenters. The first-order chi connectivity index (χ1) is 13.2.